The van der Waals surface area contributed by atoms with Crippen LogP contribution in [-0.2, 0) is 20.0 Å². The fraction of sp³-hybridized carbons (Fsp3) is 0.308. The number of nitro benzene ring substituents is 1. The second kappa shape index (κ2) is 5.68. The Labute approximate surface area is 115 Å². The van der Waals surface area contributed by atoms with Crippen molar-refractivity contribution in [2.45, 2.75) is 19.9 Å². The Morgan fingerprint density at radius 3 is 2.90 bits per heavy atom. The molecular weight excluding hydrogens is 263 g/mol. The lowest BCUT2D eigenvalue weighted by Gasteiger charge is -2.07. The molecule has 20 heavy (non-hydrogen) atoms. The third kappa shape index (κ3) is 2.93. The van der Waals surface area contributed by atoms with Crippen molar-refractivity contribution in [3.05, 3.63) is 51.6 Å². The first-order chi connectivity index (χ1) is 9.51. The molecule has 0 atom stereocenters. The first kappa shape index (κ1) is 14.0. The van der Waals surface area contributed by atoms with Crippen molar-refractivity contribution in [1.82, 2.24) is 9.78 Å². The summed E-state index contributed by atoms with van der Waals surface area (Å²) in [4.78, 5) is 10.1. The second-order valence-corrected chi connectivity index (χ2v) is 4.40. The molecule has 0 unspecified atom stereocenters. The molecule has 0 bridgehead atoms. The van der Waals surface area contributed by atoms with Crippen LogP contribution in [0.2, 0.25) is 0 Å². The molecule has 0 amide bonds. The lowest BCUT2D eigenvalue weighted by Crippen LogP contribution is -2.03. The van der Waals surface area contributed by atoms with Gasteiger partial charge in [0.2, 0.25) is 0 Å². The van der Waals surface area contributed by atoms with Gasteiger partial charge >= 0.3 is 0 Å². The van der Waals surface area contributed by atoms with E-state index >= 15 is 0 Å². The number of aromatic nitrogens is 2. The smallest absolute Gasteiger partial charge is 0.271 e. The molecule has 106 valence electrons. The van der Waals surface area contributed by atoms with Gasteiger partial charge in [-0.3, -0.25) is 14.8 Å². The van der Waals surface area contributed by atoms with Crippen molar-refractivity contribution >= 4 is 11.4 Å². The van der Waals surface area contributed by atoms with E-state index in [2.05, 4.69) is 10.4 Å². The van der Waals surface area contributed by atoms with Crippen LogP contribution in [0.1, 0.15) is 18.2 Å². The third-order valence-electron chi connectivity index (χ3n) is 2.96. The van der Waals surface area contributed by atoms with Crippen LogP contribution in [0.25, 0.3) is 0 Å². The van der Waals surface area contributed by atoms with Crippen LogP contribution in [-0.4, -0.2) is 14.7 Å². The molecule has 2 rings (SSSR count). The Balaban J connectivity index is 2.18. The normalized spacial score (nSPS) is 10.6. The molecule has 1 heterocycles. The van der Waals surface area contributed by atoms with Gasteiger partial charge in [-0.1, -0.05) is 6.92 Å². The van der Waals surface area contributed by atoms with Gasteiger partial charge < -0.3 is 5.32 Å². The summed E-state index contributed by atoms with van der Waals surface area (Å²) in [7, 11) is 1.82. The maximum Gasteiger partial charge on any atom is 0.271 e. The zero-order chi connectivity index (χ0) is 14.7. The van der Waals surface area contributed by atoms with E-state index in [0.29, 0.717) is 6.54 Å². The van der Waals surface area contributed by atoms with Gasteiger partial charge in [0, 0.05) is 37.5 Å². The SMILES string of the molecule is CCc1nn(C)cc1CNc1cc([N+](=O)[O-])ccc1F. The Hall–Kier alpha value is -2.44. The molecule has 0 aliphatic carbocycles. The largest absolute Gasteiger partial charge is 0.378 e. The quantitative estimate of drug-likeness (QED) is 0.674. The molecule has 0 spiro atoms. The van der Waals surface area contributed by atoms with Crippen LogP contribution in [0, 0.1) is 15.9 Å². The van der Waals surface area contributed by atoms with E-state index in [-0.39, 0.29) is 11.4 Å². The molecule has 7 heteroatoms. The Bertz CT molecular complexity index is 639. The van der Waals surface area contributed by atoms with Crippen LogP contribution in [0.15, 0.2) is 24.4 Å². The minimum Gasteiger partial charge on any atom is -0.378 e. The fourth-order valence-electron chi connectivity index (χ4n) is 1.98. The minimum atomic E-state index is -0.549. The summed E-state index contributed by atoms with van der Waals surface area (Å²) in [5, 5.41) is 17.8. The number of benzene rings is 1. The molecule has 1 aromatic heterocycles. The van der Waals surface area contributed by atoms with Gasteiger partial charge in [-0.2, -0.15) is 5.10 Å². The van der Waals surface area contributed by atoms with E-state index in [9.17, 15) is 14.5 Å². The highest BCUT2D eigenvalue weighted by Crippen LogP contribution is 2.22. The third-order valence-corrected chi connectivity index (χ3v) is 2.96. The summed E-state index contributed by atoms with van der Waals surface area (Å²) in [6, 6.07) is 3.42. The number of hydrogen-bond donors (Lipinski definition) is 1. The maximum atomic E-state index is 13.6. The summed E-state index contributed by atoms with van der Waals surface area (Å²) in [5.41, 5.74) is 1.84. The summed E-state index contributed by atoms with van der Waals surface area (Å²) in [5.74, 6) is -0.516. The standard InChI is InChI=1S/C13H15FN4O2/c1-3-12-9(8-17(2)16-12)7-15-13-6-10(18(19)20)4-5-11(13)14/h4-6,8,15H,3,7H2,1-2H3. The lowest BCUT2D eigenvalue weighted by molar-refractivity contribution is -0.384. The summed E-state index contributed by atoms with van der Waals surface area (Å²) in [6.45, 7) is 2.36. The van der Waals surface area contributed by atoms with Crippen LogP contribution >= 0.6 is 0 Å². The van der Waals surface area contributed by atoms with E-state index in [0.717, 1.165) is 29.8 Å². The second-order valence-electron chi connectivity index (χ2n) is 4.40. The Morgan fingerprint density at radius 1 is 1.50 bits per heavy atom. The van der Waals surface area contributed by atoms with Gasteiger partial charge in [-0.05, 0) is 12.5 Å². The molecule has 0 aliphatic rings. The molecule has 1 aromatic carbocycles. The van der Waals surface area contributed by atoms with Crippen molar-refractivity contribution in [2.75, 3.05) is 5.32 Å². The zero-order valence-electron chi connectivity index (χ0n) is 11.3. The highest BCUT2D eigenvalue weighted by atomic mass is 19.1. The molecule has 0 fully saturated rings. The summed E-state index contributed by atoms with van der Waals surface area (Å²) >= 11 is 0. The van der Waals surface area contributed by atoms with Crippen molar-refractivity contribution < 1.29 is 9.31 Å². The number of halogens is 1. The number of rotatable bonds is 5. The molecule has 1 N–H and O–H groups in total. The molecule has 2 aromatic rings. The highest BCUT2D eigenvalue weighted by molar-refractivity contribution is 5.52. The van der Waals surface area contributed by atoms with Gasteiger partial charge in [-0.15, -0.1) is 0 Å². The number of anilines is 1. The number of nitrogens with one attached hydrogen (secondary N) is 1. The van der Waals surface area contributed by atoms with E-state index < -0.39 is 10.7 Å². The van der Waals surface area contributed by atoms with Crippen molar-refractivity contribution in [3.63, 3.8) is 0 Å². The number of hydrogen-bond acceptors (Lipinski definition) is 4. The maximum absolute atomic E-state index is 13.6. The van der Waals surface area contributed by atoms with Crippen molar-refractivity contribution in [1.29, 1.82) is 0 Å². The molecular formula is C13H15FN4O2. The fourth-order valence-corrected chi connectivity index (χ4v) is 1.98. The first-order valence-electron chi connectivity index (χ1n) is 6.20. The lowest BCUT2D eigenvalue weighted by atomic mass is 10.2. The summed E-state index contributed by atoms with van der Waals surface area (Å²) < 4.78 is 15.3. The predicted octanol–water partition coefficient (Wildman–Crippen LogP) is 2.64. The molecule has 0 radical (unpaired) electrons. The zero-order valence-corrected chi connectivity index (χ0v) is 11.3. The van der Waals surface area contributed by atoms with Gasteiger partial charge in [-0.25, -0.2) is 4.39 Å². The van der Waals surface area contributed by atoms with Crippen LogP contribution in [0.5, 0.6) is 0 Å². The topological polar surface area (TPSA) is 73.0 Å². The van der Waals surface area contributed by atoms with Gasteiger partial charge in [0.15, 0.2) is 0 Å². The number of non-ortho nitro benzene ring substituents is 1. The monoisotopic (exact) mass is 278 g/mol. The Kier molecular flexibility index (Phi) is 3.97. The molecule has 6 nitrogen and oxygen atoms in total. The van der Waals surface area contributed by atoms with E-state index in [1.807, 2.05) is 20.2 Å². The molecule has 0 aliphatic heterocycles. The van der Waals surface area contributed by atoms with E-state index in [1.54, 1.807) is 4.68 Å². The Morgan fingerprint density at radius 2 is 2.25 bits per heavy atom. The predicted molar refractivity (Wildman–Crippen MR) is 73.0 cm³/mol. The van der Waals surface area contributed by atoms with Crippen LogP contribution in [0.3, 0.4) is 0 Å². The molecule has 0 saturated heterocycles. The number of aryl methyl sites for hydroxylation is 2. The van der Waals surface area contributed by atoms with Gasteiger partial charge in [0.05, 0.1) is 16.3 Å². The average molecular weight is 278 g/mol. The highest BCUT2D eigenvalue weighted by Gasteiger charge is 2.12. The minimum absolute atomic E-state index is 0.116. The summed E-state index contributed by atoms with van der Waals surface area (Å²) in [6.07, 6.45) is 2.62. The first-order valence-corrected chi connectivity index (χ1v) is 6.20. The molecule has 0 saturated carbocycles. The number of nitrogens with zero attached hydrogens (tertiary/aromatic N) is 3. The van der Waals surface area contributed by atoms with E-state index in [4.69, 9.17) is 0 Å². The van der Waals surface area contributed by atoms with Crippen LogP contribution < -0.4 is 5.32 Å². The van der Waals surface area contributed by atoms with Crippen LogP contribution in [0.4, 0.5) is 15.8 Å². The van der Waals surface area contributed by atoms with Gasteiger partial charge in [0.25, 0.3) is 5.69 Å². The average Bonchev–Trinajstić information content (AvgIpc) is 2.77. The van der Waals surface area contributed by atoms with Crippen molar-refractivity contribution in [3.8, 4) is 0 Å². The van der Waals surface area contributed by atoms with Crippen molar-refractivity contribution in [2.24, 2.45) is 7.05 Å². The van der Waals surface area contributed by atoms with Gasteiger partial charge in [0.1, 0.15) is 5.82 Å². The number of nitro groups is 1. The van der Waals surface area contributed by atoms with E-state index in [1.165, 1.54) is 6.07 Å².